The molecule has 24 heavy (non-hydrogen) atoms. The monoisotopic (exact) mass is 356 g/mol. The SMILES string of the molecule is Cc1nn(C)cc1C(=O)N1CC[C@@]2(CCCN2S(C)(=O)=O)[C@@H](O)C1. The fraction of sp³-hybridized carbons (Fsp3) is 0.733. The van der Waals surface area contributed by atoms with Crippen LogP contribution < -0.4 is 0 Å². The molecule has 0 radical (unpaired) electrons. The van der Waals surface area contributed by atoms with E-state index in [1.54, 1.807) is 29.7 Å². The molecule has 1 N–H and O–H groups in total. The van der Waals surface area contributed by atoms with E-state index in [1.807, 2.05) is 0 Å². The van der Waals surface area contributed by atoms with Crippen LogP contribution in [0.3, 0.4) is 0 Å². The number of piperidine rings is 1. The smallest absolute Gasteiger partial charge is 0.257 e. The quantitative estimate of drug-likeness (QED) is 0.787. The van der Waals surface area contributed by atoms with Crippen LogP contribution in [0.4, 0.5) is 0 Å². The molecule has 9 heteroatoms. The highest BCUT2D eigenvalue weighted by Crippen LogP contribution is 2.40. The fourth-order valence-corrected chi connectivity index (χ4v) is 5.51. The molecule has 3 rings (SSSR count). The number of hydrogen-bond acceptors (Lipinski definition) is 5. The number of aliphatic hydroxyl groups is 1. The summed E-state index contributed by atoms with van der Waals surface area (Å²) < 4.78 is 27.1. The van der Waals surface area contributed by atoms with E-state index in [4.69, 9.17) is 0 Å². The minimum atomic E-state index is -3.38. The molecule has 1 spiro atoms. The molecule has 3 heterocycles. The molecule has 0 saturated carbocycles. The summed E-state index contributed by atoms with van der Waals surface area (Å²) in [6.45, 7) is 2.78. The number of rotatable bonds is 2. The normalized spacial score (nSPS) is 28.7. The summed E-state index contributed by atoms with van der Waals surface area (Å²) in [5.74, 6) is -0.168. The third-order valence-electron chi connectivity index (χ3n) is 5.23. The van der Waals surface area contributed by atoms with Crippen molar-refractivity contribution in [3.8, 4) is 0 Å². The Hall–Kier alpha value is -1.45. The van der Waals surface area contributed by atoms with Crippen LogP contribution in [0.1, 0.15) is 35.3 Å². The van der Waals surface area contributed by atoms with Crippen molar-refractivity contribution in [2.45, 2.75) is 37.8 Å². The van der Waals surface area contributed by atoms with Gasteiger partial charge in [-0.1, -0.05) is 0 Å². The molecular weight excluding hydrogens is 332 g/mol. The first-order valence-corrected chi connectivity index (χ1v) is 9.95. The van der Waals surface area contributed by atoms with Gasteiger partial charge < -0.3 is 10.0 Å². The maximum absolute atomic E-state index is 12.7. The molecule has 1 aromatic heterocycles. The van der Waals surface area contributed by atoms with Gasteiger partial charge in [0.25, 0.3) is 5.91 Å². The Morgan fingerprint density at radius 1 is 1.38 bits per heavy atom. The Kier molecular flexibility index (Phi) is 4.21. The van der Waals surface area contributed by atoms with Crippen LogP contribution in [0, 0.1) is 6.92 Å². The Labute approximate surface area is 142 Å². The van der Waals surface area contributed by atoms with Crippen molar-refractivity contribution < 1.29 is 18.3 Å². The molecule has 2 fully saturated rings. The molecule has 2 saturated heterocycles. The first-order chi connectivity index (χ1) is 11.1. The number of β-amino-alcohol motifs (C(OH)–C–C–N with tert-alkyl or cyclic N) is 1. The van der Waals surface area contributed by atoms with Gasteiger partial charge in [0.15, 0.2) is 0 Å². The van der Waals surface area contributed by atoms with Gasteiger partial charge in [0.1, 0.15) is 0 Å². The molecule has 2 atom stereocenters. The van der Waals surface area contributed by atoms with E-state index in [0.29, 0.717) is 37.2 Å². The molecule has 0 bridgehead atoms. The minimum Gasteiger partial charge on any atom is -0.389 e. The predicted molar refractivity (Wildman–Crippen MR) is 88.0 cm³/mol. The van der Waals surface area contributed by atoms with Gasteiger partial charge in [0.2, 0.25) is 10.0 Å². The molecule has 2 aliphatic heterocycles. The molecule has 1 aromatic rings. The van der Waals surface area contributed by atoms with E-state index in [2.05, 4.69) is 5.10 Å². The van der Waals surface area contributed by atoms with E-state index in [-0.39, 0.29) is 12.5 Å². The summed E-state index contributed by atoms with van der Waals surface area (Å²) in [5, 5.41) is 14.9. The molecule has 134 valence electrons. The van der Waals surface area contributed by atoms with Gasteiger partial charge in [-0.2, -0.15) is 9.40 Å². The van der Waals surface area contributed by atoms with Gasteiger partial charge >= 0.3 is 0 Å². The minimum absolute atomic E-state index is 0.138. The third-order valence-corrected chi connectivity index (χ3v) is 6.57. The van der Waals surface area contributed by atoms with Crippen LogP contribution in [0.5, 0.6) is 0 Å². The van der Waals surface area contributed by atoms with Crippen molar-refractivity contribution in [3.05, 3.63) is 17.5 Å². The number of likely N-dealkylation sites (tertiary alicyclic amines) is 1. The molecule has 0 aromatic carbocycles. The van der Waals surface area contributed by atoms with Gasteiger partial charge in [-0.25, -0.2) is 8.42 Å². The summed E-state index contributed by atoms with van der Waals surface area (Å²) >= 11 is 0. The molecular formula is C15H24N4O4S. The summed E-state index contributed by atoms with van der Waals surface area (Å²) in [6, 6.07) is 0. The van der Waals surface area contributed by atoms with E-state index in [9.17, 15) is 18.3 Å². The Balaban J connectivity index is 1.81. The average molecular weight is 356 g/mol. The zero-order chi connectivity index (χ0) is 17.7. The number of carbonyl (C=O) groups excluding carboxylic acids is 1. The van der Waals surface area contributed by atoms with E-state index in [0.717, 1.165) is 6.42 Å². The summed E-state index contributed by atoms with van der Waals surface area (Å²) in [5.41, 5.74) is 0.400. The van der Waals surface area contributed by atoms with Gasteiger partial charge in [0.05, 0.1) is 29.2 Å². The van der Waals surface area contributed by atoms with Crippen LogP contribution >= 0.6 is 0 Å². The lowest BCUT2D eigenvalue weighted by Gasteiger charge is -2.47. The van der Waals surface area contributed by atoms with Crippen LogP contribution in [0.15, 0.2) is 6.20 Å². The second-order valence-corrected chi connectivity index (χ2v) is 8.77. The second-order valence-electron chi connectivity index (χ2n) is 6.86. The fourth-order valence-electron chi connectivity index (χ4n) is 4.08. The number of sulfonamides is 1. The molecule has 2 aliphatic rings. The van der Waals surface area contributed by atoms with Crippen molar-refractivity contribution in [2.24, 2.45) is 7.05 Å². The molecule has 0 unspecified atom stereocenters. The van der Waals surface area contributed by atoms with Gasteiger partial charge in [0, 0.05) is 32.9 Å². The van der Waals surface area contributed by atoms with Crippen molar-refractivity contribution >= 4 is 15.9 Å². The van der Waals surface area contributed by atoms with Crippen molar-refractivity contribution in [2.75, 3.05) is 25.9 Å². The van der Waals surface area contributed by atoms with Crippen LogP contribution in [-0.4, -0.2) is 76.0 Å². The molecule has 0 aliphatic carbocycles. The summed E-state index contributed by atoms with van der Waals surface area (Å²) in [7, 11) is -1.62. The van der Waals surface area contributed by atoms with Crippen molar-refractivity contribution in [1.29, 1.82) is 0 Å². The predicted octanol–water partition coefficient (Wildman–Crippen LogP) is -0.270. The Bertz CT molecular complexity index is 760. The molecule has 1 amide bonds. The number of aliphatic hydroxyl groups excluding tert-OH is 1. The zero-order valence-corrected chi connectivity index (χ0v) is 15.1. The van der Waals surface area contributed by atoms with Crippen molar-refractivity contribution in [1.82, 2.24) is 19.0 Å². The van der Waals surface area contributed by atoms with Gasteiger partial charge in [-0.05, 0) is 26.2 Å². The van der Waals surface area contributed by atoms with Crippen LogP contribution in [-0.2, 0) is 17.1 Å². The highest BCUT2D eigenvalue weighted by molar-refractivity contribution is 7.88. The summed E-state index contributed by atoms with van der Waals surface area (Å²) in [4.78, 5) is 14.3. The lowest BCUT2D eigenvalue weighted by molar-refractivity contribution is -0.0292. The highest BCUT2D eigenvalue weighted by Gasteiger charge is 2.53. The summed E-state index contributed by atoms with van der Waals surface area (Å²) in [6.07, 6.45) is 3.79. The van der Waals surface area contributed by atoms with E-state index in [1.165, 1.54) is 10.6 Å². The van der Waals surface area contributed by atoms with Gasteiger partial charge in [-0.3, -0.25) is 9.48 Å². The highest BCUT2D eigenvalue weighted by atomic mass is 32.2. The maximum atomic E-state index is 12.7. The average Bonchev–Trinajstić information content (AvgIpc) is 3.05. The Morgan fingerprint density at radius 3 is 2.62 bits per heavy atom. The third kappa shape index (κ3) is 2.74. The topological polar surface area (TPSA) is 95.7 Å². The number of aryl methyl sites for hydroxylation is 2. The Morgan fingerprint density at radius 2 is 2.08 bits per heavy atom. The van der Waals surface area contributed by atoms with Crippen LogP contribution in [0.2, 0.25) is 0 Å². The second kappa shape index (κ2) is 5.82. The number of amides is 1. The first-order valence-electron chi connectivity index (χ1n) is 8.10. The first kappa shape index (κ1) is 17.4. The van der Waals surface area contributed by atoms with Crippen LogP contribution in [0.25, 0.3) is 0 Å². The zero-order valence-electron chi connectivity index (χ0n) is 14.3. The van der Waals surface area contributed by atoms with E-state index < -0.39 is 21.7 Å². The number of aromatic nitrogens is 2. The van der Waals surface area contributed by atoms with E-state index >= 15 is 0 Å². The van der Waals surface area contributed by atoms with Gasteiger partial charge in [-0.15, -0.1) is 0 Å². The standard InChI is InChI=1S/C15H24N4O4S/c1-11-12(9-17(2)16-11)14(21)18-8-6-15(13(20)10-18)5-4-7-19(15)24(3,22)23/h9,13,20H,4-8,10H2,1-3H3/t13-,15-/m0/s1. The number of nitrogens with zero attached hydrogens (tertiary/aromatic N) is 4. The molecule has 8 nitrogen and oxygen atoms in total. The largest absolute Gasteiger partial charge is 0.389 e. The lowest BCUT2D eigenvalue weighted by Crippen LogP contribution is -2.63. The number of hydrogen-bond donors (Lipinski definition) is 1. The maximum Gasteiger partial charge on any atom is 0.257 e. The van der Waals surface area contributed by atoms with Crippen molar-refractivity contribution in [3.63, 3.8) is 0 Å². The lowest BCUT2D eigenvalue weighted by atomic mass is 9.83. The number of carbonyl (C=O) groups is 1.